The summed E-state index contributed by atoms with van der Waals surface area (Å²) in [5, 5.41) is 14.5. The highest BCUT2D eigenvalue weighted by molar-refractivity contribution is 6.35. The summed E-state index contributed by atoms with van der Waals surface area (Å²) in [6.45, 7) is 0.254. The molecule has 3 aromatic rings. The maximum Gasteiger partial charge on any atom is 0.337 e. The van der Waals surface area contributed by atoms with E-state index in [1.54, 1.807) is 48.7 Å². The summed E-state index contributed by atoms with van der Waals surface area (Å²) in [7, 11) is 1.54. The molecule has 0 bridgehead atoms. The van der Waals surface area contributed by atoms with Crippen LogP contribution in [0.15, 0.2) is 59.7 Å². The highest BCUT2D eigenvalue weighted by Crippen LogP contribution is 2.30. The van der Waals surface area contributed by atoms with Crippen LogP contribution in [0, 0.1) is 0 Å². The van der Waals surface area contributed by atoms with Crippen molar-refractivity contribution < 1.29 is 19.4 Å². The van der Waals surface area contributed by atoms with E-state index in [1.165, 1.54) is 19.2 Å². The largest absolute Gasteiger partial charge is 0.493 e. The molecule has 0 aliphatic heterocycles. The Morgan fingerprint density at radius 3 is 2.55 bits per heavy atom. The lowest BCUT2D eigenvalue weighted by molar-refractivity contribution is 0.0697. The van der Waals surface area contributed by atoms with Crippen LogP contribution in [0.3, 0.4) is 0 Å². The average molecular weight is 480 g/mol. The molecule has 160 valence electrons. The summed E-state index contributed by atoms with van der Waals surface area (Å²) in [6, 6.07) is 15.1. The van der Waals surface area contributed by atoms with Gasteiger partial charge in [0, 0.05) is 15.6 Å². The van der Waals surface area contributed by atoms with Crippen LogP contribution in [0.5, 0.6) is 11.5 Å². The van der Waals surface area contributed by atoms with Crippen LogP contribution in [-0.4, -0.2) is 24.4 Å². The molecule has 0 spiro atoms. The van der Waals surface area contributed by atoms with Crippen molar-refractivity contribution in [3.63, 3.8) is 0 Å². The molecule has 0 saturated heterocycles. The molecular formula is C22H17Cl3N2O4. The van der Waals surface area contributed by atoms with Crippen LogP contribution < -0.4 is 14.9 Å². The Kier molecular flexibility index (Phi) is 7.63. The predicted octanol–water partition coefficient (Wildman–Crippen LogP) is 6.38. The van der Waals surface area contributed by atoms with E-state index in [4.69, 9.17) is 49.4 Å². The van der Waals surface area contributed by atoms with E-state index < -0.39 is 5.97 Å². The molecule has 0 atom stereocenters. The zero-order valence-electron chi connectivity index (χ0n) is 16.2. The zero-order valence-corrected chi connectivity index (χ0v) is 18.5. The first kappa shape index (κ1) is 22.7. The van der Waals surface area contributed by atoms with Crippen molar-refractivity contribution >= 4 is 52.7 Å². The molecule has 0 fully saturated rings. The third-order valence-corrected chi connectivity index (χ3v) is 5.11. The second kappa shape index (κ2) is 10.4. The Morgan fingerprint density at radius 1 is 1.03 bits per heavy atom. The number of methoxy groups -OCH3 is 1. The summed E-state index contributed by atoms with van der Waals surface area (Å²) in [6.07, 6.45) is 1.57. The number of aromatic carboxylic acids is 1. The topological polar surface area (TPSA) is 80.2 Å². The van der Waals surface area contributed by atoms with Crippen LogP contribution in [0.1, 0.15) is 21.5 Å². The van der Waals surface area contributed by atoms with Gasteiger partial charge in [-0.15, -0.1) is 0 Å². The van der Waals surface area contributed by atoms with Gasteiger partial charge in [0.25, 0.3) is 0 Å². The minimum Gasteiger partial charge on any atom is -0.493 e. The zero-order chi connectivity index (χ0) is 22.4. The summed E-state index contributed by atoms with van der Waals surface area (Å²) in [5.41, 5.74) is 4.80. The first-order valence-corrected chi connectivity index (χ1v) is 10.1. The quantitative estimate of drug-likeness (QED) is 0.289. The highest BCUT2D eigenvalue weighted by atomic mass is 35.5. The molecule has 0 unspecified atom stereocenters. The van der Waals surface area contributed by atoms with Crippen LogP contribution >= 0.6 is 34.8 Å². The molecule has 2 N–H and O–H groups in total. The fourth-order valence-corrected chi connectivity index (χ4v) is 3.28. The first-order valence-electron chi connectivity index (χ1n) is 8.94. The lowest BCUT2D eigenvalue weighted by atomic mass is 10.2. The van der Waals surface area contributed by atoms with E-state index in [1.807, 2.05) is 0 Å². The van der Waals surface area contributed by atoms with Crippen LogP contribution in [-0.2, 0) is 6.61 Å². The van der Waals surface area contributed by atoms with Crippen molar-refractivity contribution in [3.8, 4) is 11.5 Å². The Balaban J connectivity index is 1.68. The Bertz CT molecular complexity index is 1140. The van der Waals surface area contributed by atoms with Gasteiger partial charge < -0.3 is 14.6 Å². The summed E-state index contributed by atoms with van der Waals surface area (Å²) in [4.78, 5) is 11.2. The predicted molar refractivity (Wildman–Crippen MR) is 123 cm³/mol. The van der Waals surface area contributed by atoms with Crippen LogP contribution in [0.25, 0.3) is 0 Å². The molecule has 6 nitrogen and oxygen atoms in total. The number of ether oxygens (including phenoxy) is 2. The monoisotopic (exact) mass is 478 g/mol. The smallest absolute Gasteiger partial charge is 0.337 e. The Hall–Kier alpha value is -2.93. The molecule has 0 saturated carbocycles. The number of hydrogen-bond acceptors (Lipinski definition) is 5. The van der Waals surface area contributed by atoms with E-state index in [2.05, 4.69) is 10.5 Å². The second-order valence-electron chi connectivity index (χ2n) is 6.30. The maximum atomic E-state index is 11.2. The number of nitrogens with zero attached hydrogens (tertiary/aromatic N) is 1. The first-order chi connectivity index (χ1) is 14.9. The molecule has 9 heteroatoms. The van der Waals surface area contributed by atoms with Crippen molar-refractivity contribution in [1.29, 1.82) is 0 Å². The molecular weight excluding hydrogens is 463 g/mol. The normalized spacial score (nSPS) is 10.8. The van der Waals surface area contributed by atoms with E-state index in [-0.39, 0.29) is 17.2 Å². The van der Waals surface area contributed by atoms with Gasteiger partial charge in [0.2, 0.25) is 0 Å². The molecule has 0 radical (unpaired) electrons. The molecule has 0 aliphatic carbocycles. The minimum atomic E-state index is -1.11. The van der Waals surface area contributed by atoms with E-state index in [9.17, 15) is 4.79 Å². The molecule has 0 aliphatic rings. The Labute approximate surface area is 194 Å². The lowest BCUT2D eigenvalue weighted by Gasteiger charge is -2.12. The maximum absolute atomic E-state index is 11.2. The second-order valence-corrected chi connectivity index (χ2v) is 7.56. The molecule has 3 rings (SSSR count). The average Bonchev–Trinajstić information content (AvgIpc) is 2.74. The van der Waals surface area contributed by atoms with Crippen LogP contribution in [0.2, 0.25) is 15.1 Å². The van der Waals surface area contributed by atoms with Gasteiger partial charge in [-0.05, 0) is 54.1 Å². The van der Waals surface area contributed by atoms with Gasteiger partial charge >= 0.3 is 5.97 Å². The number of benzene rings is 3. The molecule has 0 aromatic heterocycles. The number of halogens is 3. The van der Waals surface area contributed by atoms with Crippen molar-refractivity contribution in [2.24, 2.45) is 5.10 Å². The fraction of sp³-hybridized carbons (Fsp3) is 0.0909. The number of hydrogen-bond donors (Lipinski definition) is 2. The van der Waals surface area contributed by atoms with Gasteiger partial charge in [0.15, 0.2) is 11.5 Å². The molecule has 3 aromatic carbocycles. The summed E-state index contributed by atoms with van der Waals surface area (Å²) >= 11 is 18.0. The number of carboxylic acid groups (broad SMARTS) is 1. The van der Waals surface area contributed by atoms with E-state index in [0.29, 0.717) is 27.2 Å². The summed E-state index contributed by atoms with van der Waals surface area (Å²) < 4.78 is 11.2. The molecule has 0 heterocycles. The number of anilines is 1. The van der Waals surface area contributed by atoms with E-state index >= 15 is 0 Å². The third kappa shape index (κ3) is 6.04. The van der Waals surface area contributed by atoms with Gasteiger partial charge in [-0.25, -0.2) is 4.79 Å². The van der Waals surface area contributed by atoms with Gasteiger partial charge in [-0.1, -0.05) is 40.9 Å². The van der Waals surface area contributed by atoms with Crippen molar-refractivity contribution in [2.75, 3.05) is 12.5 Å². The van der Waals surface area contributed by atoms with E-state index in [0.717, 1.165) is 11.1 Å². The summed E-state index contributed by atoms with van der Waals surface area (Å²) in [5.74, 6) is -0.0473. The minimum absolute atomic E-state index is 0.00849. The fourth-order valence-electron chi connectivity index (χ4n) is 2.62. The standard InChI is InChI=1S/C22H17Cl3N2O4/c1-30-21-8-13(11-26-27-16-5-6-18(24)17(10-16)22(28)29)2-7-20(21)31-12-14-3-4-15(23)9-19(14)25/h2-11,27H,12H2,1H3,(H,28,29). The SMILES string of the molecule is COc1cc(C=NNc2ccc(Cl)c(C(=O)O)c2)ccc1OCc1ccc(Cl)cc1Cl. The lowest BCUT2D eigenvalue weighted by Crippen LogP contribution is -2.00. The van der Waals surface area contributed by atoms with Crippen molar-refractivity contribution in [2.45, 2.75) is 6.61 Å². The van der Waals surface area contributed by atoms with Crippen LogP contribution in [0.4, 0.5) is 5.69 Å². The molecule has 31 heavy (non-hydrogen) atoms. The van der Waals surface area contributed by atoms with Gasteiger partial charge in [0.1, 0.15) is 6.61 Å². The van der Waals surface area contributed by atoms with Gasteiger partial charge in [0.05, 0.1) is 29.6 Å². The molecule has 0 amide bonds. The number of carboxylic acids is 1. The van der Waals surface area contributed by atoms with Crippen molar-refractivity contribution in [1.82, 2.24) is 0 Å². The number of hydrazone groups is 1. The third-order valence-electron chi connectivity index (χ3n) is 4.19. The highest BCUT2D eigenvalue weighted by Gasteiger charge is 2.10. The van der Waals surface area contributed by atoms with Crippen molar-refractivity contribution in [3.05, 3.63) is 86.4 Å². The number of carbonyl (C=O) groups is 1. The number of nitrogens with one attached hydrogen (secondary N) is 1. The van der Waals surface area contributed by atoms with Gasteiger partial charge in [-0.2, -0.15) is 5.10 Å². The number of rotatable bonds is 8. The van der Waals surface area contributed by atoms with Gasteiger partial charge in [-0.3, -0.25) is 5.43 Å². The Morgan fingerprint density at radius 2 is 1.84 bits per heavy atom.